The predicted octanol–water partition coefficient (Wildman–Crippen LogP) is 3.08. The molecule has 2 rings (SSSR count). The lowest BCUT2D eigenvalue weighted by Crippen LogP contribution is -2.27. The van der Waals surface area contributed by atoms with E-state index in [2.05, 4.69) is 33.0 Å². The third-order valence-electron chi connectivity index (χ3n) is 5.36. The van der Waals surface area contributed by atoms with E-state index >= 15 is 0 Å². The number of amides is 1. The third kappa shape index (κ3) is 2.71. The van der Waals surface area contributed by atoms with E-state index in [0.29, 0.717) is 36.1 Å². The molecule has 1 saturated carbocycles. The molecule has 0 atom stereocenters. The molecule has 21 heavy (non-hydrogen) atoms. The van der Waals surface area contributed by atoms with Crippen molar-refractivity contribution in [2.75, 3.05) is 18.9 Å². The van der Waals surface area contributed by atoms with Crippen molar-refractivity contribution in [2.24, 2.45) is 16.7 Å². The van der Waals surface area contributed by atoms with Crippen molar-refractivity contribution in [2.45, 2.75) is 34.6 Å². The number of anilines is 1. The fraction of sp³-hybridized carbons (Fsp3) is 0.588. The van der Waals surface area contributed by atoms with E-state index in [9.17, 15) is 4.79 Å². The molecule has 1 aromatic rings. The minimum absolute atomic E-state index is 0.0803. The van der Waals surface area contributed by atoms with E-state index in [1.54, 1.807) is 18.2 Å². The first-order valence-electron chi connectivity index (χ1n) is 7.52. The van der Waals surface area contributed by atoms with Crippen LogP contribution < -0.4 is 15.8 Å². The topological polar surface area (TPSA) is 64.3 Å². The number of hydrogen-bond donors (Lipinski definition) is 2. The van der Waals surface area contributed by atoms with Gasteiger partial charge in [-0.2, -0.15) is 0 Å². The summed E-state index contributed by atoms with van der Waals surface area (Å²) in [6, 6.07) is 5.17. The zero-order chi connectivity index (χ0) is 15.8. The van der Waals surface area contributed by atoms with Crippen molar-refractivity contribution in [1.82, 2.24) is 5.32 Å². The molecule has 1 aromatic carbocycles. The first kappa shape index (κ1) is 15.7. The largest absolute Gasteiger partial charge is 0.492 e. The van der Waals surface area contributed by atoms with Crippen molar-refractivity contribution < 1.29 is 9.53 Å². The number of hydrogen-bond acceptors (Lipinski definition) is 3. The Hall–Kier alpha value is -1.71. The second-order valence-corrected chi connectivity index (χ2v) is 6.89. The smallest absolute Gasteiger partial charge is 0.251 e. The minimum atomic E-state index is -0.0803. The molecule has 0 heterocycles. The van der Waals surface area contributed by atoms with Crippen LogP contribution in [0, 0.1) is 16.7 Å². The number of nitrogen functional groups attached to an aromatic ring is 1. The number of benzene rings is 1. The maximum absolute atomic E-state index is 12.2. The van der Waals surface area contributed by atoms with Crippen LogP contribution in [0.25, 0.3) is 0 Å². The van der Waals surface area contributed by atoms with Gasteiger partial charge in [-0.1, -0.05) is 27.7 Å². The highest BCUT2D eigenvalue weighted by atomic mass is 16.5. The van der Waals surface area contributed by atoms with Gasteiger partial charge in [0.1, 0.15) is 5.75 Å². The SMILES string of the molecule is CCOc1ccc(C(=O)NCC2C(C)(C)C2(C)C)cc1N. The summed E-state index contributed by atoms with van der Waals surface area (Å²) in [5.41, 5.74) is 7.52. The third-order valence-corrected chi connectivity index (χ3v) is 5.36. The molecule has 0 bridgehead atoms. The summed E-state index contributed by atoms with van der Waals surface area (Å²) >= 11 is 0. The number of rotatable bonds is 5. The van der Waals surface area contributed by atoms with E-state index in [4.69, 9.17) is 10.5 Å². The molecule has 4 nitrogen and oxygen atoms in total. The van der Waals surface area contributed by atoms with Crippen molar-refractivity contribution in [3.63, 3.8) is 0 Å². The molecule has 3 N–H and O–H groups in total. The van der Waals surface area contributed by atoms with Gasteiger partial charge in [0.25, 0.3) is 5.91 Å². The van der Waals surface area contributed by atoms with E-state index in [0.717, 1.165) is 0 Å². The Bertz CT molecular complexity index is 536. The molecule has 0 aliphatic heterocycles. The van der Waals surface area contributed by atoms with Crippen LogP contribution in [0.3, 0.4) is 0 Å². The fourth-order valence-electron chi connectivity index (χ4n) is 3.12. The van der Waals surface area contributed by atoms with Crippen molar-refractivity contribution in [1.29, 1.82) is 0 Å². The molecule has 0 saturated heterocycles. The summed E-state index contributed by atoms with van der Waals surface area (Å²) in [6.45, 7) is 12.2. The monoisotopic (exact) mass is 290 g/mol. The van der Waals surface area contributed by atoms with E-state index in [1.165, 1.54) is 0 Å². The first-order valence-corrected chi connectivity index (χ1v) is 7.52. The molecular weight excluding hydrogens is 264 g/mol. The molecule has 1 aliphatic carbocycles. The summed E-state index contributed by atoms with van der Waals surface area (Å²) < 4.78 is 5.38. The highest BCUT2D eigenvalue weighted by Crippen LogP contribution is 2.67. The molecule has 116 valence electrons. The molecule has 1 fully saturated rings. The average molecular weight is 290 g/mol. The van der Waals surface area contributed by atoms with Crippen LogP contribution in [0.4, 0.5) is 5.69 Å². The first-order chi connectivity index (χ1) is 9.71. The van der Waals surface area contributed by atoms with Crippen LogP contribution in [0.2, 0.25) is 0 Å². The minimum Gasteiger partial charge on any atom is -0.492 e. The van der Waals surface area contributed by atoms with Gasteiger partial charge < -0.3 is 15.8 Å². The van der Waals surface area contributed by atoms with Gasteiger partial charge in [0, 0.05) is 12.1 Å². The predicted molar refractivity (Wildman–Crippen MR) is 85.4 cm³/mol. The van der Waals surface area contributed by atoms with Crippen LogP contribution >= 0.6 is 0 Å². The van der Waals surface area contributed by atoms with Crippen molar-refractivity contribution in [3.8, 4) is 5.75 Å². The standard InChI is InChI=1S/C17H26N2O2/c1-6-21-13-8-7-11(9-12(13)18)15(20)19-10-14-16(2,3)17(14,4)5/h7-9,14H,6,10,18H2,1-5H3,(H,19,20). The van der Waals surface area contributed by atoms with E-state index in [-0.39, 0.29) is 16.7 Å². The number of carbonyl (C=O) groups is 1. The van der Waals surface area contributed by atoms with Gasteiger partial charge in [0.15, 0.2) is 0 Å². The zero-order valence-electron chi connectivity index (χ0n) is 13.6. The lowest BCUT2D eigenvalue weighted by molar-refractivity contribution is 0.0950. The van der Waals surface area contributed by atoms with Gasteiger partial charge in [0.2, 0.25) is 0 Å². The fourth-order valence-corrected chi connectivity index (χ4v) is 3.12. The Morgan fingerprint density at radius 2 is 1.90 bits per heavy atom. The van der Waals surface area contributed by atoms with Crippen LogP contribution in [0.1, 0.15) is 45.0 Å². The lowest BCUT2D eigenvalue weighted by Gasteiger charge is -2.10. The molecule has 4 heteroatoms. The van der Waals surface area contributed by atoms with Crippen molar-refractivity contribution >= 4 is 11.6 Å². The molecule has 1 amide bonds. The Morgan fingerprint density at radius 3 is 2.38 bits per heavy atom. The van der Waals surface area contributed by atoms with Crippen LogP contribution in [0.5, 0.6) is 5.75 Å². The highest BCUT2D eigenvalue weighted by Gasteiger charge is 2.64. The van der Waals surface area contributed by atoms with E-state index in [1.807, 2.05) is 6.92 Å². The Kier molecular flexibility index (Phi) is 3.91. The van der Waals surface area contributed by atoms with Crippen LogP contribution in [-0.4, -0.2) is 19.1 Å². The highest BCUT2D eigenvalue weighted by molar-refractivity contribution is 5.95. The number of nitrogens with one attached hydrogen (secondary N) is 1. The Morgan fingerprint density at radius 1 is 1.29 bits per heavy atom. The maximum atomic E-state index is 12.2. The second kappa shape index (κ2) is 5.24. The molecule has 0 aromatic heterocycles. The number of ether oxygens (including phenoxy) is 1. The summed E-state index contributed by atoms with van der Waals surface area (Å²) in [7, 11) is 0. The van der Waals surface area contributed by atoms with Gasteiger partial charge >= 0.3 is 0 Å². The zero-order valence-corrected chi connectivity index (χ0v) is 13.6. The summed E-state index contributed by atoms with van der Waals surface area (Å²) in [5, 5.41) is 3.02. The Labute approximate surface area is 127 Å². The van der Waals surface area contributed by atoms with Crippen molar-refractivity contribution in [3.05, 3.63) is 23.8 Å². The molecular formula is C17H26N2O2. The van der Waals surface area contributed by atoms with Gasteiger partial charge in [-0.15, -0.1) is 0 Å². The quantitative estimate of drug-likeness (QED) is 0.819. The van der Waals surface area contributed by atoms with Gasteiger partial charge in [-0.05, 0) is 41.9 Å². The normalized spacial score (nSPS) is 19.1. The molecule has 1 aliphatic rings. The number of carbonyl (C=O) groups excluding carboxylic acids is 1. The summed E-state index contributed by atoms with van der Waals surface area (Å²) in [5.74, 6) is 1.05. The van der Waals surface area contributed by atoms with Crippen LogP contribution in [-0.2, 0) is 0 Å². The Balaban J connectivity index is 1.97. The lowest BCUT2D eigenvalue weighted by atomic mass is 10.0. The summed E-state index contributed by atoms with van der Waals surface area (Å²) in [6.07, 6.45) is 0. The van der Waals surface area contributed by atoms with Gasteiger partial charge in [0.05, 0.1) is 12.3 Å². The summed E-state index contributed by atoms with van der Waals surface area (Å²) in [4.78, 5) is 12.2. The molecule has 0 radical (unpaired) electrons. The van der Waals surface area contributed by atoms with E-state index < -0.39 is 0 Å². The second-order valence-electron chi connectivity index (χ2n) is 6.89. The number of nitrogens with two attached hydrogens (primary N) is 1. The van der Waals surface area contributed by atoms with Crippen LogP contribution in [0.15, 0.2) is 18.2 Å². The molecule has 0 spiro atoms. The molecule has 0 unspecified atom stereocenters. The maximum Gasteiger partial charge on any atom is 0.251 e. The van der Waals surface area contributed by atoms with Gasteiger partial charge in [-0.3, -0.25) is 4.79 Å². The van der Waals surface area contributed by atoms with Gasteiger partial charge in [-0.25, -0.2) is 0 Å². The average Bonchev–Trinajstić information content (AvgIpc) is 2.79.